The summed E-state index contributed by atoms with van der Waals surface area (Å²) < 4.78 is 10.6. The van der Waals surface area contributed by atoms with Crippen molar-refractivity contribution in [2.24, 2.45) is 5.92 Å². The van der Waals surface area contributed by atoms with Gasteiger partial charge in [-0.1, -0.05) is 43.3 Å². The highest BCUT2D eigenvalue weighted by atomic mass is 32.2. The molecule has 1 aliphatic carbocycles. The maximum atomic E-state index is 13.9. The molecule has 2 heterocycles. The van der Waals surface area contributed by atoms with E-state index in [1.54, 1.807) is 25.1 Å². The van der Waals surface area contributed by atoms with E-state index in [1.807, 2.05) is 48.5 Å². The van der Waals surface area contributed by atoms with Crippen LogP contribution >= 0.6 is 23.1 Å². The fourth-order valence-corrected chi connectivity index (χ4v) is 7.21. The number of thioether (sulfide) groups is 1. The Bertz CT molecular complexity index is 1500. The monoisotopic (exact) mass is 574 g/mol. The molecule has 0 saturated carbocycles. The minimum absolute atomic E-state index is 0.213. The number of hydrogen-bond donors (Lipinski definition) is 2. The summed E-state index contributed by atoms with van der Waals surface area (Å²) in [6.07, 6.45) is 4.13. The van der Waals surface area contributed by atoms with Crippen LogP contribution < -0.4 is 10.6 Å². The third-order valence-electron chi connectivity index (χ3n) is 6.66. The molecule has 0 aliphatic heterocycles. The lowest BCUT2D eigenvalue weighted by Gasteiger charge is -2.19. The lowest BCUT2D eigenvalue weighted by molar-refractivity contribution is -0.115. The first-order valence-corrected chi connectivity index (χ1v) is 14.9. The summed E-state index contributed by atoms with van der Waals surface area (Å²) in [5.41, 5.74) is 2.90. The molecule has 9 heteroatoms. The third kappa shape index (κ3) is 6.32. The zero-order chi connectivity index (χ0) is 28.1. The summed E-state index contributed by atoms with van der Waals surface area (Å²) >= 11 is 2.85. The van der Waals surface area contributed by atoms with Gasteiger partial charge >= 0.3 is 5.97 Å². The molecule has 0 fully saturated rings. The SMILES string of the molecule is CCOC(=O)c1c(NC(=O)C(Sc2cccc(NC(=O)c3ccco3)c2)c2ccccc2)sc2c1CCC(C)C2. The van der Waals surface area contributed by atoms with Crippen LogP contribution in [0.1, 0.15) is 62.4 Å². The summed E-state index contributed by atoms with van der Waals surface area (Å²) in [6.45, 7) is 4.25. The Balaban J connectivity index is 1.41. The molecule has 2 atom stereocenters. The second kappa shape index (κ2) is 12.6. The maximum Gasteiger partial charge on any atom is 0.341 e. The van der Waals surface area contributed by atoms with E-state index in [0.717, 1.165) is 40.2 Å². The van der Waals surface area contributed by atoms with Crippen molar-refractivity contribution >= 4 is 51.6 Å². The number of benzene rings is 2. The van der Waals surface area contributed by atoms with Crippen LogP contribution in [0.4, 0.5) is 10.7 Å². The molecular weight excluding hydrogens is 544 g/mol. The molecule has 2 aromatic heterocycles. The Morgan fingerprint density at radius 3 is 2.65 bits per heavy atom. The molecule has 0 bridgehead atoms. The number of carbonyl (C=O) groups is 3. The number of anilines is 2. The second-order valence-corrected chi connectivity index (χ2v) is 11.9. The van der Waals surface area contributed by atoms with E-state index < -0.39 is 11.2 Å². The van der Waals surface area contributed by atoms with E-state index in [2.05, 4.69) is 17.6 Å². The lowest BCUT2D eigenvalue weighted by Crippen LogP contribution is -2.20. The number of fused-ring (bicyclic) bond motifs is 1. The first-order chi connectivity index (χ1) is 19.4. The van der Waals surface area contributed by atoms with Crippen LogP contribution in [0.15, 0.2) is 82.3 Å². The molecule has 2 amide bonds. The van der Waals surface area contributed by atoms with Gasteiger partial charge in [-0.3, -0.25) is 9.59 Å². The van der Waals surface area contributed by atoms with Crippen molar-refractivity contribution in [2.45, 2.75) is 43.3 Å². The van der Waals surface area contributed by atoms with Gasteiger partial charge in [0.2, 0.25) is 5.91 Å². The minimum Gasteiger partial charge on any atom is -0.462 e. The van der Waals surface area contributed by atoms with Crippen LogP contribution in [0.3, 0.4) is 0 Å². The number of rotatable bonds is 9. The molecule has 2 aromatic carbocycles. The topological polar surface area (TPSA) is 97.6 Å². The molecule has 2 N–H and O–H groups in total. The molecule has 2 unspecified atom stereocenters. The van der Waals surface area contributed by atoms with Crippen molar-refractivity contribution in [2.75, 3.05) is 17.2 Å². The second-order valence-electron chi connectivity index (χ2n) is 9.63. The van der Waals surface area contributed by atoms with Gasteiger partial charge in [0.25, 0.3) is 5.91 Å². The predicted molar refractivity (Wildman–Crippen MR) is 158 cm³/mol. The van der Waals surface area contributed by atoms with Gasteiger partial charge in [0.15, 0.2) is 5.76 Å². The molecule has 206 valence electrons. The van der Waals surface area contributed by atoms with E-state index in [9.17, 15) is 14.4 Å². The maximum absolute atomic E-state index is 13.9. The molecule has 5 rings (SSSR count). The van der Waals surface area contributed by atoms with Gasteiger partial charge in [0.05, 0.1) is 18.4 Å². The number of hydrogen-bond acceptors (Lipinski definition) is 7. The largest absolute Gasteiger partial charge is 0.462 e. The average Bonchev–Trinajstić information content (AvgIpc) is 3.61. The van der Waals surface area contributed by atoms with Gasteiger partial charge in [0.1, 0.15) is 10.3 Å². The molecule has 7 nitrogen and oxygen atoms in total. The van der Waals surface area contributed by atoms with Crippen LogP contribution in [0, 0.1) is 5.92 Å². The van der Waals surface area contributed by atoms with E-state index in [-0.39, 0.29) is 24.2 Å². The fraction of sp³-hybridized carbons (Fsp3) is 0.258. The minimum atomic E-state index is -0.606. The van der Waals surface area contributed by atoms with E-state index >= 15 is 0 Å². The standard InChI is InChI=1S/C31H30N2O5S2/c1-3-37-31(36)26-23-15-14-19(2)17-25(23)40-30(26)33-29(35)27(20-9-5-4-6-10-20)39-22-12-7-11-21(18-22)32-28(34)24-13-8-16-38-24/h4-13,16,18-19,27H,3,14-15,17H2,1-2H3,(H,32,34)(H,33,35). The zero-order valence-electron chi connectivity index (χ0n) is 22.3. The number of amides is 2. The van der Waals surface area contributed by atoms with Gasteiger partial charge in [-0.2, -0.15) is 0 Å². The van der Waals surface area contributed by atoms with Gasteiger partial charge in [0, 0.05) is 15.5 Å². The quantitative estimate of drug-likeness (QED) is 0.160. The Labute approximate surface area is 241 Å². The van der Waals surface area contributed by atoms with Gasteiger partial charge in [-0.05, 0) is 73.6 Å². The van der Waals surface area contributed by atoms with Crippen molar-refractivity contribution < 1.29 is 23.5 Å². The number of furan rings is 1. The van der Waals surface area contributed by atoms with Crippen LogP contribution in [0.2, 0.25) is 0 Å². The third-order valence-corrected chi connectivity index (χ3v) is 9.08. The number of ether oxygens (including phenoxy) is 1. The van der Waals surface area contributed by atoms with Gasteiger partial charge in [-0.25, -0.2) is 4.79 Å². The molecule has 4 aromatic rings. The highest BCUT2D eigenvalue weighted by Gasteiger charge is 2.31. The highest BCUT2D eigenvalue weighted by molar-refractivity contribution is 8.00. The Kier molecular flexibility index (Phi) is 8.72. The first-order valence-electron chi connectivity index (χ1n) is 13.2. The first kappa shape index (κ1) is 27.7. The fourth-order valence-electron chi connectivity index (χ4n) is 4.72. The predicted octanol–water partition coefficient (Wildman–Crippen LogP) is 7.37. The summed E-state index contributed by atoms with van der Waals surface area (Å²) in [5, 5.41) is 5.85. The Hall–Kier alpha value is -3.82. The highest BCUT2D eigenvalue weighted by Crippen LogP contribution is 2.42. The summed E-state index contributed by atoms with van der Waals surface area (Å²) in [6, 6.07) is 20.1. The number of carbonyl (C=O) groups excluding carboxylic acids is 3. The number of thiophene rings is 1. The molecule has 0 saturated heterocycles. The molecule has 1 aliphatic rings. The smallest absolute Gasteiger partial charge is 0.341 e. The molecule has 0 radical (unpaired) electrons. The van der Waals surface area contributed by atoms with Crippen molar-refractivity contribution in [3.05, 3.63) is 100 Å². The van der Waals surface area contributed by atoms with Crippen molar-refractivity contribution in [1.29, 1.82) is 0 Å². The van der Waals surface area contributed by atoms with E-state index in [0.29, 0.717) is 22.2 Å². The lowest BCUT2D eigenvalue weighted by atomic mass is 9.88. The number of nitrogens with one attached hydrogen (secondary N) is 2. The molecule has 0 spiro atoms. The van der Waals surface area contributed by atoms with Crippen LogP contribution in [-0.2, 0) is 22.4 Å². The van der Waals surface area contributed by atoms with Crippen LogP contribution in [0.5, 0.6) is 0 Å². The van der Waals surface area contributed by atoms with E-state index in [4.69, 9.17) is 9.15 Å². The average molecular weight is 575 g/mol. The van der Waals surface area contributed by atoms with E-state index in [1.165, 1.54) is 29.4 Å². The molecule has 40 heavy (non-hydrogen) atoms. The van der Waals surface area contributed by atoms with Crippen molar-refractivity contribution in [3.8, 4) is 0 Å². The summed E-state index contributed by atoms with van der Waals surface area (Å²) in [5.74, 6) is -0.248. The van der Waals surface area contributed by atoms with Gasteiger partial charge in [-0.15, -0.1) is 23.1 Å². The summed E-state index contributed by atoms with van der Waals surface area (Å²) in [7, 11) is 0. The Morgan fingerprint density at radius 1 is 1.07 bits per heavy atom. The summed E-state index contributed by atoms with van der Waals surface area (Å²) in [4.78, 5) is 41.3. The Morgan fingerprint density at radius 2 is 1.90 bits per heavy atom. The number of esters is 1. The molecular formula is C31H30N2O5S2. The van der Waals surface area contributed by atoms with Crippen LogP contribution in [-0.4, -0.2) is 24.4 Å². The van der Waals surface area contributed by atoms with Crippen molar-refractivity contribution in [3.63, 3.8) is 0 Å². The van der Waals surface area contributed by atoms with Crippen molar-refractivity contribution in [1.82, 2.24) is 0 Å². The zero-order valence-corrected chi connectivity index (χ0v) is 23.9. The normalized spacial score (nSPS) is 15.1. The van der Waals surface area contributed by atoms with Gasteiger partial charge < -0.3 is 19.8 Å². The van der Waals surface area contributed by atoms with Crippen LogP contribution in [0.25, 0.3) is 0 Å².